The van der Waals surface area contributed by atoms with Gasteiger partial charge < -0.3 is 0 Å². The number of aryl methyl sites for hydroxylation is 1. The SMILES string of the molecule is CC(CCc1ccccc1)NS(=O)(=O)c1cccc([N+](=O)[O-])c1. The van der Waals surface area contributed by atoms with E-state index in [4.69, 9.17) is 0 Å². The molecule has 0 heterocycles. The standard InChI is InChI=1S/C16H18N2O4S/c1-13(10-11-14-6-3-2-4-7-14)17-23(21,22)16-9-5-8-15(12-16)18(19)20/h2-9,12-13,17H,10-11H2,1H3. The van der Waals surface area contributed by atoms with E-state index in [-0.39, 0.29) is 16.6 Å². The van der Waals surface area contributed by atoms with E-state index in [0.717, 1.165) is 18.1 Å². The lowest BCUT2D eigenvalue weighted by Gasteiger charge is -2.14. The lowest BCUT2D eigenvalue weighted by Crippen LogP contribution is -2.33. The minimum Gasteiger partial charge on any atom is -0.258 e. The molecule has 7 heteroatoms. The van der Waals surface area contributed by atoms with Crippen molar-refractivity contribution in [3.8, 4) is 0 Å². The molecular formula is C16H18N2O4S. The first-order chi connectivity index (χ1) is 10.9. The quantitative estimate of drug-likeness (QED) is 0.623. The maximum Gasteiger partial charge on any atom is 0.270 e. The number of nitro groups is 1. The normalized spacial score (nSPS) is 12.7. The maximum atomic E-state index is 12.3. The van der Waals surface area contributed by atoms with E-state index in [1.54, 1.807) is 6.92 Å². The summed E-state index contributed by atoms with van der Waals surface area (Å²) in [6.07, 6.45) is 1.39. The predicted molar refractivity (Wildman–Crippen MR) is 87.6 cm³/mol. The van der Waals surface area contributed by atoms with Gasteiger partial charge in [-0.05, 0) is 31.4 Å². The van der Waals surface area contributed by atoms with E-state index in [9.17, 15) is 18.5 Å². The second-order valence-electron chi connectivity index (χ2n) is 5.30. The Hall–Kier alpha value is -2.25. The largest absolute Gasteiger partial charge is 0.270 e. The smallest absolute Gasteiger partial charge is 0.258 e. The average Bonchev–Trinajstić information content (AvgIpc) is 2.53. The fourth-order valence-corrected chi connectivity index (χ4v) is 3.50. The third-order valence-electron chi connectivity index (χ3n) is 3.40. The topological polar surface area (TPSA) is 89.3 Å². The second-order valence-corrected chi connectivity index (χ2v) is 7.02. The Kier molecular flexibility index (Phi) is 5.46. The number of nitrogens with one attached hydrogen (secondary N) is 1. The first kappa shape index (κ1) is 17.1. The summed E-state index contributed by atoms with van der Waals surface area (Å²) in [4.78, 5) is 10.0. The van der Waals surface area contributed by atoms with E-state index in [2.05, 4.69) is 4.72 Å². The van der Waals surface area contributed by atoms with Gasteiger partial charge in [-0.25, -0.2) is 13.1 Å². The first-order valence-corrected chi connectivity index (χ1v) is 8.67. The monoisotopic (exact) mass is 334 g/mol. The molecule has 0 fully saturated rings. The Morgan fingerprint density at radius 3 is 2.48 bits per heavy atom. The lowest BCUT2D eigenvalue weighted by atomic mass is 10.1. The number of non-ortho nitro benzene ring substituents is 1. The van der Waals surface area contributed by atoms with Crippen LogP contribution in [0.1, 0.15) is 18.9 Å². The summed E-state index contributed by atoms with van der Waals surface area (Å²) in [7, 11) is -3.77. The molecule has 0 spiro atoms. The van der Waals surface area contributed by atoms with Gasteiger partial charge in [0.25, 0.3) is 5.69 Å². The van der Waals surface area contributed by atoms with Gasteiger partial charge in [0.1, 0.15) is 0 Å². The van der Waals surface area contributed by atoms with Crippen molar-refractivity contribution in [2.75, 3.05) is 0 Å². The number of nitrogens with zero attached hydrogens (tertiary/aromatic N) is 1. The third kappa shape index (κ3) is 4.87. The van der Waals surface area contributed by atoms with Crippen molar-refractivity contribution in [3.05, 3.63) is 70.3 Å². The summed E-state index contributed by atoms with van der Waals surface area (Å²) in [6, 6.07) is 14.5. The van der Waals surface area contributed by atoms with Crippen LogP contribution in [0, 0.1) is 10.1 Å². The van der Waals surface area contributed by atoms with Crippen LogP contribution in [0.3, 0.4) is 0 Å². The van der Waals surface area contributed by atoms with Crippen LogP contribution in [0.4, 0.5) is 5.69 Å². The summed E-state index contributed by atoms with van der Waals surface area (Å²) in [5.74, 6) is 0. The van der Waals surface area contributed by atoms with Gasteiger partial charge >= 0.3 is 0 Å². The molecular weight excluding hydrogens is 316 g/mol. The molecule has 122 valence electrons. The van der Waals surface area contributed by atoms with Crippen LogP contribution >= 0.6 is 0 Å². The van der Waals surface area contributed by atoms with Crippen molar-refractivity contribution in [1.82, 2.24) is 4.72 Å². The number of rotatable bonds is 7. The van der Waals surface area contributed by atoms with Crippen molar-refractivity contribution in [2.45, 2.75) is 30.7 Å². The molecule has 0 aliphatic heterocycles. The molecule has 1 atom stereocenters. The fourth-order valence-electron chi connectivity index (χ4n) is 2.18. The zero-order valence-corrected chi connectivity index (χ0v) is 13.5. The Bertz CT molecular complexity index is 776. The molecule has 0 amide bonds. The molecule has 0 aliphatic rings. The minimum atomic E-state index is -3.77. The van der Waals surface area contributed by atoms with Crippen molar-refractivity contribution in [2.24, 2.45) is 0 Å². The fraction of sp³-hybridized carbons (Fsp3) is 0.250. The Balaban J connectivity index is 2.02. The summed E-state index contributed by atoms with van der Waals surface area (Å²) >= 11 is 0. The summed E-state index contributed by atoms with van der Waals surface area (Å²) in [5.41, 5.74) is 0.888. The number of benzene rings is 2. The van der Waals surface area contributed by atoms with Crippen LogP contribution in [0.5, 0.6) is 0 Å². The maximum absolute atomic E-state index is 12.3. The van der Waals surface area contributed by atoms with Gasteiger partial charge in [0.05, 0.1) is 9.82 Å². The van der Waals surface area contributed by atoms with E-state index < -0.39 is 14.9 Å². The Labute approximate surface area is 135 Å². The molecule has 0 aliphatic carbocycles. The van der Waals surface area contributed by atoms with Gasteiger partial charge in [0.15, 0.2) is 0 Å². The number of hydrogen-bond acceptors (Lipinski definition) is 4. The van der Waals surface area contributed by atoms with Crippen molar-refractivity contribution >= 4 is 15.7 Å². The molecule has 0 saturated carbocycles. The summed E-state index contributed by atoms with van der Waals surface area (Å²) in [6.45, 7) is 1.78. The third-order valence-corrected chi connectivity index (χ3v) is 4.99. The summed E-state index contributed by atoms with van der Waals surface area (Å²) < 4.78 is 27.1. The highest BCUT2D eigenvalue weighted by atomic mass is 32.2. The van der Waals surface area contributed by atoms with E-state index >= 15 is 0 Å². The Morgan fingerprint density at radius 1 is 1.13 bits per heavy atom. The highest BCUT2D eigenvalue weighted by Gasteiger charge is 2.19. The van der Waals surface area contributed by atoms with Gasteiger partial charge in [-0.1, -0.05) is 36.4 Å². The second kappa shape index (κ2) is 7.34. The number of sulfonamides is 1. The molecule has 6 nitrogen and oxygen atoms in total. The summed E-state index contributed by atoms with van der Waals surface area (Å²) in [5, 5.41) is 10.8. The molecule has 1 unspecified atom stereocenters. The van der Waals surface area contributed by atoms with Crippen molar-refractivity contribution in [3.63, 3.8) is 0 Å². The van der Waals surface area contributed by atoms with E-state index in [1.807, 2.05) is 30.3 Å². The van der Waals surface area contributed by atoms with Crippen LogP contribution in [-0.4, -0.2) is 19.4 Å². The molecule has 1 N–H and O–H groups in total. The van der Waals surface area contributed by atoms with Gasteiger partial charge in [-0.2, -0.15) is 0 Å². The lowest BCUT2D eigenvalue weighted by molar-refractivity contribution is -0.385. The molecule has 0 radical (unpaired) electrons. The molecule has 2 rings (SSSR count). The minimum absolute atomic E-state index is 0.0988. The Morgan fingerprint density at radius 2 is 1.83 bits per heavy atom. The molecule has 0 bridgehead atoms. The molecule has 0 saturated heterocycles. The van der Waals surface area contributed by atoms with Crippen LogP contribution in [0.2, 0.25) is 0 Å². The van der Waals surface area contributed by atoms with Gasteiger partial charge in [-0.15, -0.1) is 0 Å². The average molecular weight is 334 g/mol. The van der Waals surface area contributed by atoms with Crippen molar-refractivity contribution in [1.29, 1.82) is 0 Å². The van der Waals surface area contributed by atoms with Crippen molar-refractivity contribution < 1.29 is 13.3 Å². The highest BCUT2D eigenvalue weighted by Crippen LogP contribution is 2.18. The number of nitro benzene ring substituents is 1. The van der Waals surface area contributed by atoms with Crippen LogP contribution in [0.25, 0.3) is 0 Å². The predicted octanol–water partition coefficient (Wildman–Crippen LogP) is 2.89. The van der Waals surface area contributed by atoms with Gasteiger partial charge in [0, 0.05) is 18.2 Å². The number of hydrogen-bond donors (Lipinski definition) is 1. The van der Waals surface area contributed by atoms with Crippen LogP contribution in [-0.2, 0) is 16.4 Å². The zero-order valence-electron chi connectivity index (χ0n) is 12.7. The zero-order chi connectivity index (χ0) is 16.9. The molecule has 23 heavy (non-hydrogen) atoms. The van der Waals surface area contributed by atoms with Gasteiger partial charge in [0.2, 0.25) is 10.0 Å². The molecule has 2 aromatic rings. The van der Waals surface area contributed by atoms with Crippen LogP contribution in [0.15, 0.2) is 59.5 Å². The van der Waals surface area contributed by atoms with E-state index in [0.29, 0.717) is 6.42 Å². The molecule has 2 aromatic carbocycles. The van der Waals surface area contributed by atoms with Crippen LogP contribution < -0.4 is 4.72 Å². The first-order valence-electron chi connectivity index (χ1n) is 7.19. The van der Waals surface area contributed by atoms with Gasteiger partial charge in [-0.3, -0.25) is 10.1 Å². The molecule has 0 aromatic heterocycles. The highest BCUT2D eigenvalue weighted by molar-refractivity contribution is 7.89. The van der Waals surface area contributed by atoms with E-state index in [1.165, 1.54) is 18.2 Å².